The number of aryl methyl sites for hydroxylation is 1. The molecule has 1 aliphatic rings. The van der Waals surface area contributed by atoms with Gasteiger partial charge in [-0.3, -0.25) is 9.69 Å². The highest BCUT2D eigenvalue weighted by Gasteiger charge is 2.34. The molecule has 2 aromatic rings. The number of carbonyl (C=O) groups is 1. The second kappa shape index (κ2) is 8.05. The lowest BCUT2D eigenvalue weighted by Crippen LogP contribution is -2.52. The molecule has 3 heterocycles. The van der Waals surface area contributed by atoms with Crippen LogP contribution >= 0.6 is 0 Å². The third-order valence-corrected chi connectivity index (χ3v) is 5.77. The van der Waals surface area contributed by atoms with Gasteiger partial charge in [0.1, 0.15) is 16.8 Å². The van der Waals surface area contributed by atoms with E-state index in [1.54, 1.807) is 21.8 Å². The number of pyridine rings is 1. The first-order valence-corrected chi connectivity index (χ1v) is 10.4. The summed E-state index contributed by atoms with van der Waals surface area (Å²) in [6.45, 7) is 5.36. The van der Waals surface area contributed by atoms with Crippen LogP contribution in [-0.4, -0.2) is 48.3 Å². The molecule has 1 amide bonds. The van der Waals surface area contributed by atoms with Crippen LogP contribution in [-0.2, 0) is 21.4 Å². The Bertz CT molecular complexity index is 894. The van der Waals surface area contributed by atoms with Crippen LogP contribution in [0.3, 0.4) is 0 Å². The molecule has 1 fully saturated rings. The van der Waals surface area contributed by atoms with Crippen molar-refractivity contribution in [3.05, 3.63) is 30.6 Å². The zero-order valence-electron chi connectivity index (χ0n) is 15.3. The number of piperidine rings is 1. The van der Waals surface area contributed by atoms with Gasteiger partial charge in [0.15, 0.2) is 0 Å². The van der Waals surface area contributed by atoms with Crippen molar-refractivity contribution in [1.82, 2.24) is 19.5 Å². The van der Waals surface area contributed by atoms with E-state index in [1.165, 1.54) is 18.3 Å². The number of anilines is 1. The van der Waals surface area contributed by atoms with E-state index in [-0.39, 0.29) is 10.8 Å². The summed E-state index contributed by atoms with van der Waals surface area (Å²) >= 11 is 0. The minimum Gasteiger partial charge on any atom is -0.478 e. The summed E-state index contributed by atoms with van der Waals surface area (Å²) in [6.07, 6.45) is 3.99. The van der Waals surface area contributed by atoms with Crippen molar-refractivity contribution < 1.29 is 17.9 Å². The van der Waals surface area contributed by atoms with E-state index in [1.807, 2.05) is 13.8 Å². The van der Waals surface area contributed by atoms with Crippen molar-refractivity contribution in [3.63, 3.8) is 0 Å². The van der Waals surface area contributed by atoms with E-state index in [9.17, 15) is 13.2 Å². The average molecular weight is 393 g/mol. The van der Waals surface area contributed by atoms with E-state index < -0.39 is 16.1 Å². The Labute approximate surface area is 158 Å². The standard InChI is InChI=1S/C17H23N5O4S/c1-3-22-16(9-10-19-22)21-11-5-6-14(17(21)23)20-27(24,25)13-7-8-15(18-12-13)26-4-2/h7-10,12,14,20H,3-6,11H2,1-2H3/t14-/m0/s1. The van der Waals surface area contributed by atoms with Crippen LogP contribution in [0.1, 0.15) is 26.7 Å². The van der Waals surface area contributed by atoms with Crippen LogP contribution < -0.4 is 14.4 Å². The molecule has 0 bridgehead atoms. The van der Waals surface area contributed by atoms with Gasteiger partial charge < -0.3 is 4.74 Å². The maximum Gasteiger partial charge on any atom is 0.246 e. The minimum atomic E-state index is -3.87. The molecule has 0 radical (unpaired) electrons. The van der Waals surface area contributed by atoms with Gasteiger partial charge in [-0.05, 0) is 32.8 Å². The first kappa shape index (κ1) is 19.3. The number of sulfonamides is 1. The molecule has 10 heteroatoms. The van der Waals surface area contributed by atoms with Gasteiger partial charge in [0.25, 0.3) is 0 Å². The lowest BCUT2D eigenvalue weighted by molar-refractivity contribution is -0.121. The largest absolute Gasteiger partial charge is 0.478 e. The fourth-order valence-electron chi connectivity index (χ4n) is 3.02. The van der Waals surface area contributed by atoms with Crippen LogP contribution in [0.4, 0.5) is 5.82 Å². The van der Waals surface area contributed by atoms with E-state index in [4.69, 9.17) is 4.74 Å². The van der Waals surface area contributed by atoms with Crippen LogP contribution in [0.25, 0.3) is 0 Å². The predicted molar refractivity (Wildman–Crippen MR) is 99.0 cm³/mol. The van der Waals surface area contributed by atoms with Gasteiger partial charge in [0.05, 0.1) is 19.0 Å². The number of ether oxygens (including phenoxy) is 1. The molecule has 0 unspecified atom stereocenters. The molecule has 0 aromatic carbocycles. The van der Waals surface area contributed by atoms with Gasteiger partial charge in [0.2, 0.25) is 21.8 Å². The van der Waals surface area contributed by atoms with Gasteiger partial charge in [-0.15, -0.1) is 0 Å². The van der Waals surface area contributed by atoms with Crippen molar-refractivity contribution in [3.8, 4) is 5.88 Å². The van der Waals surface area contributed by atoms with E-state index in [0.29, 0.717) is 44.2 Å². The molecule has 3 rings (SSSR count). The van der Waals surface area contributed by atoms with E-state index in [2.05, 4.69) is 14.8 Å². The Hall–Kier alpha value is -2.46. The summed E-state index contributed by atoms with van der Waals surface area (Å²) in [7, 11) is -3.87. The number of carbonyl (C=O) groups excluding carboxylic acids is 1. The topological polar surface area (TPSA) is 106 Å². The molecule has 2 aromatic heterocycles. The number of rotatable bonds is 7. The lowest BCUT2D eigenvalue weighted by Gasteiger charge is -2.32. The maximum atomic E-state index is 12.9. The smallest absolute Gasteiger partial charge is 0.246 e. The average Bonchev–Trinajstić information content (AvgIpc) is 3.12. The zero-order chi connectivity index (χ0) is 19.4. The van der Waals surface area contributed by atoms with Crippen LogP contribution in [0, 0.1) is 0 Å². The van der Waals surface area contributed by atoms with Crippen LogP contribution in [0.2, 0.25) is 0 Å². The first-order valence-electron chi connectivity index (χ1n) is 8.90. The van der Waals surface area contributed by atoms with Gasteiger partial charge in [0, 0.05) is 25.2 Å². The number of hydrogen-bond acceptors (Lipinski definition) is 6. The van der Waals surface area contributed by atoms with Crippen molar-refractivity contribution >= 4 is 21.7 Å². The number of amides is 1. The van der Waals surface area contributed by atoms with Crippen LogP contribution in [0.15, 0.2) is 35.5 Å². The third kappa shape index (κ3) is 4.11. The van der Waals surface area contributed by atoms with Gasteiger partial charge >= 0.3 is 0 Å². The highest BCUT2D eigenvalue weighted by atomic mass is 32.2. The van der Waals surface area contributed by atoms with Crippen LogP contribution in [0.5, 0.6) is 5.88 Å². The maximum absolute atomic E-state index is 12.9. The van der Waals surface area contributed by atoms with E-state index >= 15 is 0 Å². The summed E-state index contributed by atoms with van der Waals surface area (Å²) in [4.78, 5) is 18.4. The van der Waals surface area contributed by atoms with Gasteiger partial charge in [-0.1, -0.05) is 0 Å². The molecular formula is C17H23N5O4S. The molecule has 1 saturated heterocycles. The molecule has 1 N–H and O–H groups in total. The Morgan fingerprint density at radius 2 is 2.11 bits per heavy atom. The summed E-state index contributed by atoms with van der Waals surface area (Å²) in [5.41, 5.74) is 0. The number of nitrogens with one attached hydrogen (secondary N) is 1. The summed E-state index contributed by atoms with van der Waals surface area (Å²) < 4.78 is 34.8. The fourth-order valence-corrected chi connectivity index (χ4v) is 4.19. The second-order valence-corrected chi connectivity index (χ2v) is 7.79. The molecular weight excluding hydrogens is 370 g/mol. The Kier molecular flexibility index (Phi) is 5.76. The van der Waals surface area contributed by atoms with Crippen molar-refractivity contribution in [2.24, 2.45) is 0 Å². The molecule has 27 heavy (non-hydrogen) atoms. The fraction of sp³-hybridized carbons (Fsp3) is 0.471. The van der Waals surface area contributed by atoms with Crippen molar-refractivity contribution in [2.45, 2.75) is 44.2 Å². The summed E-state index contributed by atoms with van der Waals surface area (Å²) in [5.74, 6) is 0.747. The predicted octanol–water partition coefficient (Wildman–Crippen LogP) is 1.17. The second-order valence-electron chi connectivity index (χ2n) is 6.08. The first-order chi connectivity index (χ1) is 13.0. The van der Waals surface area contributed by atoms with Gasteiger partial charge in [-0.25, -0.2) is 18.1 Å². The van der Waals surface area contributed by atoms with Gasteiger partial charge in [-0.2, -0.15) is 9.82 Å². The molecule has 0 saturated carbocycles. The number of nitrogens with zero attached hydrogens (tertiary/aromatic N) is 4. The zero-order valence-corrected chi connectivity index (χ0v) is 16.1. The molecule has 1 atom stereocenters. The lowest BCUT2D eigenvalue weighted by atomic mass is 10.1. The number of hydrogen-bond donors (Lipinski definition) is 1. The third-order valence-electron chi connectivity index (χ3n) is 4.32. The van der Waals surface area contributed by atoms with Crippen molar-refractivity contribution in [1.29, 1.82) is 0 Å². The SMILES string of the molecule is CCOc1ccc(S(=O)(=O)N[C@H]2CCCN(c3ccnn3CC)C2=O)cn1. The molecule has 0 spiro atoms. The monoisotopic (exact) mass is 393 g/mol. The molecule has 1 aliphatic heterocycles. The minimum absolute atomic E-state index is 0.00511. The Balaban J connectivity index is 1.76. The molecule has 0 aliphatic carbocycles. The Morgan fingerprint density at radius 3 is 2.78 bits per heavy atom. The quantitative estimate of drug-likeness (QED) is 0.757. The normalized spacial score (nSPS) is 17.9. The van der Waals surface area contributed by atoms with Crippen molar-refractivity contribution in [2.75, 3.05) is 18.1 Å². The highest BCUT2D eigenvalue weighted by Crippen LogP contribution is 2.22. The molecule has 9 nitrogen and oxygen atoms in total. The summed E-state index contributed by atoms with van der Waals surface area (Å²) in [5, 5.41) is 4.18. The Morgan fingerprint density at radius 1 is 1.30 bits per heavy atom. The molecule has 146 valence electrons. The number of aromatic nitrogens is 3. The highest BCUT2D eigenvalue weighted by molar-refractivity contribution is 7.89. The van der Waals surface area contributed by atoms with E-state index in [0.717, 1.165) is 0 Å². The summed E-state index contributed by atoms with van der Waals surface area (Å²) in [6, 6.07) is 3.84.